The van der Waals surface area contributed by atoms with Crippen LogP contribution in [0.25, 0.3) is 5.69 Å². The summed E-state index contributed by atoms with van der Waals surface area (Å²) in [6, 6.07) is 9.33. The predicted octanol–water partition coefficient (Wildman–Crippen LogP) is 1.47. The zero-order valence-electron chi connectivity index (χ0n) is 13.4. The summed E-state index contributed by atoms with van der Waals surface area (Å²) >= 11 is 0. The van der Waals surface area contributed by atoms with Crippen LogP contribution < -0.4 is 10.6 Å². The molecule has 1 aromatic heterocycles. The largest absolute Gasteiger partial charge is 0.391 e. The first-order chi connectivity index (χ1) is 11.1. The number of carbonyl (C=O) groups excluding carboxylic acids is 1. The van der Waals surface area contributed by atoms with Crippen LogP contribution in [0.4, 0.5) is 4.79 Å². The van der Waals surface area contributed by atoms with E-state index >= 15 is 0 Å². The lowest BCUT2D eigenvalue weighted by Crippen LogP contribution is -2.41. The number of amides is 2. The number of urea groups is 1. The highest BCUT2D eigenvalue weighted by molar-refractivity contribution is 5.73. The van der Waals surface area contributed by atoms with E-state index in [0.717, 1.165) is 12.1 Å². The molecular formula is C16H23N5O2. The zero-order valence-corrected chi connectivity index (χ0v) is 13.4. The van der Waals surface area contributed by atoms with Gasteiger partial charge in [0.25, 0.3) is 0 Å². The Hall–Kier alpha value is -2.41. The van der Waals surface area contributed by atoms with E-state index in [0.29, 0.717) is 5.82 Å². The van der Waals surface area contributed by atoms with Gasteiger partial charge in [0, 0.05) is 12.2 Å². The third-order valence-corrected chi connectivity index (χ3v) is 3.83. The van der Waals surface area contributed by atoms with Gasteiger partial charge in [-0.25, -0.2) is 4.79 Å². The van der Waals surface area contributed by atoms with Crippen molar-refractivity contribution in [3.8, 4) is 5.69 Å². The topological polar surface area (TPSA) is 92.1 Å². The van der Waals surface area contributed by atoms with Crippen molar-refractivity contribution < 1.29 is 9.90 Å². The van der Waals surface area contributed by atoms with Gasteiger partial charge < -0.3 is 15.7 Å². The van der Waals surface area contributed by atoms with Gasteiger partial charge >= 0.3 is 6.03 Å². The lowest BCUT2D eigenvalue weighted by atomic mass is 10.0. The first kappa shape index (κ1) is 17.0. The van der Waals surface area contributed by atoms with Gasteiger partial charge in [0.05, 0.1) is 12.6 Å². The Bertz CT molecular complexity index is 614. The molecular weight excluding hydrogens is 294 g/mol. The van der Waals surface area contributed by atoms with Gasteiger partial charge in [0.1, 0.15) is 6.33 Å². The summed E-state index contributed by atoms with van der Waals surface area (Å²) in [5.41, 5.74) is 0.932. The standard InChI is InChI=1S/C16H23N5O2/c1-3-12(2)14(22)9-17-16(23)18-10-15-20-19-11-21(15)13-7-5-4-6-8-13/h4-8,11-12,14,22H,3,9-10H2,1-2H3,(H2,17,18,23). The summed E-state index contributed by atoms with van der Waals surface area (Å²) in [5, 5.41) is 23.1. The highest BCUT2D eigenvalue weighted by Crippen LogP contribution is 2.08. The number of carbonyl (C=O) groups is 1. The summed E-state index contributed by atoms with van der Waals surface area (Å²) in [6.07, 6.45) is 1.93. The van der Waals surface area contributed by atoms with Crippen molar-refractivity contribution >= 4 is 6.03 Å². The second kappa shape index (κ2) is 8.28. The van der Waals surface area contributed by atoms with Crippen molar-refractivity contribution in [2.45, 2.75) is 32.9 Å². The maximum atomic E-state index is 11.8. The number of nitrogens with one attached hydrogen (secondary N) is 2. The van der Waals surface area contributed by atoms with E-state index in [2.05, 4.69) is 20.8 Å². The fourth-order valence-corrected chi connectivity index (χ4v) is 2.08. The minimum Gasteiger partial charge on any atom is -0.391 e. The van der Waals surface area contributed by atoms with Gasteiger partial charge in [-0.2, -0.15) is 0 Å². The van der Waals surface area contributed by atoms with Gasteiger partial charge in [-0.15, -0.1) is 10.2 Å². The molecule has 2 amide bonds. The normalized spacial score (nSPS) is 13.3. The van der Waals surface area contributed by atoms with Crippen LogP contribution in [0.1, 0.15) is 26.1 Å². The van der Waals surface area contributed by atoms with Crippen LogP contribution in [0, 0.1) is 5.92 Å². The number of para-hydroxylation sites is 1. The molecule has 3 N–H and O–H groups in total. The highest BCUT2D eigenvalue weighted by atomic mass is 16.3. The van der Waals surface area contributed by atoms with Gasteiger partial charge in [-0.3, -0.25) is 4.57 Å². The summed E-state index contributed by atoms with van der Waals surface area (Å²) in [6.45, 7) is 4.43. The first-order valence-electron chi connectivity index (χ1n) is 7.76. The number of hydrogen-bond acceptors (Lipinski definition) is 4. The summed E-state index contributed by atoms with van der Waals surface area (Å²) in [4.78, 5) is 11.8. The molecule has 0 saturated heterocycles. The predicted molar refractivity (Wildman–Crippen MR) is 87.1 cm³/mol. The van der Waals surface area contributed by atoms with Gasteiger partial charge in [0.15, 0.2) is 5.82 Å². The number of benzene rings is 1. The Morgan fingerprint density at radius 3 is 2.74 bits per heavy atom. The molecule has 1 heterocycles. The number of hydrogen-bond donors (Lipinski definition) is 3. The summed E-state index contributed by atoms with van der Waals surface area (Å²) in [7, 11) is 0. The van der Waals surface area contributed by atoms with E-state index in [9.17, 15) is 9.90 Å². The van der Waals surface area contributed by atoms with E-state index < -0.39 is 6.10 Å². The molecule has 0 fully saturated rings. The molecule has 124 valence electrons. The second-order valence-corrected chi connectivity index (χ2v) is 5.47. The molecule has 0 aliphatic carbocycles. The quantitative estimate of drug-likeness (QED) is 0.721. The average molecular weight is 317 g/mol. The molecule has 0 aliphatic rings. The minimum atomic E-state index is -0.543. The number of aliphatic hydroxyl groups is 1. The minimum absolute atomic E-state index is 0.150. The van der Waals surface area contributed by atoms with Crippen LogP contribution >= 0.6 is 0 Å². The SMILES string of the molecule is CCC(C)C(O)CNC(=O)NCc1nncn1-c1ccccc1. The maximum Gasteiger partial charge on any atom is 0.315 e. The summed E-state index contributed by atoms with van der Waals surface area (Å²) < 4.78 is 1.81. The second-order valence-electron chi connectivity index (χ2n) is 5.47. The lowest BCUT2D eigenvalue weighted by Gasteiger charge is -2.17. The molecule has 1 aromatic carbocycles. The van der Waals surface area contributed by atoms with Crippen molar-refractivity contribution in [3.05, 3.63) is 42.5 Å². The van der Waals surface area contributed by atoms with Crippen molar-refractivity contribution in [1.29, 1.82) is 0 Å². The Morgan fingerprint density at radius 2 is 2.04 bits per heavy atom. The van der Waals surface area contributed by atoms with Gasteiger partial charge in [0.2, 0.25) is 0 Å². The molecule has 7 nitrogen and oxygen atoms in total. The van der Waals surface area contributed by atoms with E-state index in [4.69, 9.17) is 0 Å². The fourth-order valence-electron chi connectivity index (χ4n) is 2.08. The average Bonchev–Trinajstić information content (AvgIpc) is 3.06. The van der Waals surface area contributed by atoms with E-state index in [1.807, 2.05) is 48.7 Å². The van der Waals surface area contributed by atoms with Crippen LogP contribution in [0.5, 0.6) is 0 Å². The van der Waals surface area contributed by atoms with Gasteiger partial charge in [-0.1, -0.05) is 38.5 Å². The monoisotopic (exact) mass is 317 g/mol. The third kappa shape index (κ3) is 4.79. The fraction of sp³-hybridized carbons (Fsp3) is 0.438. The number of nitrogens with zero attached hydrogens (tertiary/aromatic N) is 3. The van der Waals surface area contributed by atoms with Crippen LogP contribution in [0.3, 0.4) is 0 Å². The molecule has 0 radical (unpaired) electrons. The van der Waals surface area contributed by atoms with Crippen LogP contribution in [0.15, 0.2) is 36.7 Å². The molecule has 7 heteroatoms. The van der Waals surface area contributed by atoms with Crippen molar-refractivity contribution in [1.82, 2.24) is 25.4 Å². The first-order valence-corrected chi connectivity index (χ1v) is 7.76. The Kier molecular flexibility index (Phi) is 6.10. The molecule has 2 aromatic rings. The van der Waals surface area contributed by atoms with E-state index in [1.165, 1.54) is 0 Å². The van der Waals surface area contributed by atoms with Crippen molar-refractivity contribution in [2.24, 2.45) is 5.92 Å². The lowest BCUT2D eigenvalue weighted by molar-refractivity contribution is 0.114. The van der Waals surface area contributed by atoms with Gasteiger partial charge in [-0.05, 0) is 18.1 Å². The zero-order chi connectivity index (χ0) is 16.7. The molecule has 0 aliphatic heterocycles. The molecule has 23 heavy (non-hydrogen) atoms. The summed E-state index contributed by atoms with van der Waals surface area (Å²) in [5.74, 6) is 0.783. The van der Waals surface area contributed by atoms with Crippen LogP contribution in [0.2, 0.25) is 0 Å². The number of aliphatic hydroxyl groups excluding tert-OH is 1. The highest BCUT2D eigenvalue weighted by Gasteiger charge is 2.13. The molecule has 0 bridgehead atoms. The third-order valence-electron chi connectivity index (χ3n) is 3.83. The van der Waals surface area contributed by atoms with Crippen molar-refractivity contribution in [2.75, 3.05) is 6.54 Å². The van der Waals surface area contributed by atoms with E-state index in [1.54, 1.807) is 6.33 Å². The number of rotatable bonds is 7. The Labute approximate surface area is 135 Å². The van der Waals surface area contributed by atoms with Crippen molar-refractivity contribution in [3.63, 3.8) is 0 Å². The molecule has 2 rings (SSSR count). The maximum absolute atomic E-state index is 11.8. The molecule has 0 spiro atoms. The molecule has 0 saturated carbocycles. The van der Waals surface area contributed by atoms with Crippen LogP contribution in [-0.4, -0.2) is 38.6 Å². The van der Waals surface area contributed by atoms with E-state index in [-0.39, 0.29) is 25.0 Å². The number of aromatic nitrogens is 3. The van der Waals surface area contributed by atoms with Crippen LogP contribution in [-0.2, 0) is 6.54 Å². The molecule has 2 atom stereocenters. The Balaban J connectivity index is 1.85. The molecule has 2 unspecified atom stereocenters. The smallest absolute Gasteiger partial charge is 0.315 e. The Morgan fingerprint density at radius 1 is 1.30 bits per heavy atom.